The number of rotatable bonds is 4. The van der Waals surface area contributed by atoms with E-state index in [9.17, 15) is 9.59 Å². The highest BCUT2D eigenvalue weighted by Crippen LogP contribution is 2.26. The van der Waals surface area contributed by atoms with Gasteiger partial charge in [0, 0.05) is 6.07 Å². The highest BCUT2D eigenvalue weighted by molar-refractivity contribution is 5.68. The summed E-state index contributed by atoms with van der Waals surface area (Å²) in [5, 5.41) is 0. The van der Waals surface area contributed by atoms with Gasteiger partial charge < -0.3 is 18.9 Å². The molecule has 0 aromatic heterocycles. The molecular weight excluding hydrogens is 240 g/mol. The molecular formula is C12H13O6. The Hall–Kier alpha value is -2.24. The molecule has 0 aliphatic rings. The van der Waals surface area contributed by atoms with Gasteiger partial charge in [-0.3, -0.25) is 0 Å². The molecule has 0 bridgehead atoms. The molecule has 0 amide bonds. The number of benzene rings is 1. The smallest absolute Gasteiger partial charge is 0.434 e. The van der Waals surface area contributed by atoms with Crippen LogP contribution in [0.25, 0.3) is 0 Å². The van der Waals surface area contributed by atoms with Gasteiger partial charge in [0.15, 0.2) is 11.5 Å². The van der Waals surface area contributed by atoms with Crippen LogP contribution in [0.1, 0.15) is 13.8 Å². The third-order valence-corrected chi connectivity index (χ3v) is 1.69. The summed E-state index contributed by atoms with van der Waals surface area (Å²) in [4.78, 5) is 22.3. The van der Waals surface area contributed by atoms with Crippen molar-refractivity contribution in [3.05, 3.63) is 24.3 Å². The molecule has 0 aliphatic carbocycles. The summed E-state index contributed by atoms with van der Waals surface area (Å²) >= 11 is 0. The lowest BCUT2D eigenvalue weighted by Crippen LogP contribution is -2.14. The van der Waals surface area contributed by atoms with Crippen molar-refractivity contribution in [3.8, 4) is 11.5 Å². The number of para-hydroxylation sites is 1. The van der Waals surface area contributed by atoms with Crippen molar-refractivity contribution in [2.45, 2.75) is 13.8 Å². The van der Waals surface area contributed by atoms with Gasteiger partial charge in [0.25, 0.3) is 0 Å². The number of carbonyl (C=O) groups excluding carboxylic acids is 2. The van der Waals surface area contributed by atoms with E-state index in [-0.39, 0.29) is 24.7 Å². The van der Waals surface area contributed by atoms with Gasteiger partial charge in [-0.15, -0.1) is 0 Å². The maximum Gasteiger partial charge on any atom is 0.513 e. The van der Waals surface area contributed by atoms with Crippen molar-refractivity contribution in [2.24, 2.45) is 0 Å². The SMILES string of the molecule is CCOC(=O)Oc1[c]cccc1OC(=O)OCC. The van der Waals surface area contributed by atoms with Gasteiger partial charge in [-0.05, 0) is 19.9 Å². The molecule has 0 aliphatic heterocycles. The molecule has 0 saturated carbocycles. The predicted octanol–water partition coefficient (Wildman–Crippen LogP) is 2.56. The molecule has 0 heterocycles. The van der Waals surface area contributed by atoms with Crippen LogP contribution in [0, 0.1) is 6.07 Å². The van der Waals surface area contributed by atoms with E-state index in [0.29, 0.717) is 0 Å². The Morgan fingerprint density at radius 2 is 1.72 bits per heavy atom. The van der Waals surface area contributed by atoms with Gasteiger partial charge in [-0.2, -0.15) is 0 Å². The monoisotopic (exact) mass is 253 g/mol. The minimum absolute atomic E-state index is 0.0315. The third kappa shape index (κ3) is 4.32. The Labute approximate surface area is 104 Å². The minimum Gasteiger partial charge on any atom is -0.434 e. The maximum atomic E-state index is 11.1. The van der Waals surface area contributed by atoms with Crippen molar-refractivity contribution in [3.63, 3.8) is 0 Å². The zero-order valence-corrected chi connectivity index (χ0v) is 10.1. The van der Waals surface area contributed by atoms with Crippen molar-refractivity contribution in [1.29, 1.82) is 0 Å². The largest absolute Gasteiger partial charge is 0.513 e. The van der Waals surface area contributed by atoms with Crippen LogP contribution in [-0.2, 0) is 9.47 Å². The van der Waals surface area contributed by atoms with E-state index in [1.165, 1.54) is 12.1 Å². The normalized spacial score (nSPS) is 9.44. The highest BCUT2D eigenvalue weighted by Gasteiger charge is 2.14. The lowest BCUT2D eigenvalue weighted by molar-refractivity contribution is 0.0939. The van der Waals surface area contributed by atoms with Crippen LogP contribution < -0.4 is 9.47 Å². The van der Waals surface area contributed by atoms with E-state index < -0.39 is 12.3 Å². The third-order valence-electron chi connectivity index (χ3n) is 1.69. The summed E-state index contributed by atoms with van der Waals surface area (Å²) in [6, 6.07) is 7.15. The molecule has 0 spiro atoms. The topological polar surface area (TPSA) is 71.1 Å². The van der Waals surface area contributed by atoms with Crippen LogP contribution in [0.4, 0.5) is 9.59 Å². The fraction of sp³-hybridized carbons (Fsp3) is 0.333. The molecule has 6 heteroatoms. The number of hydrogen-bond donors (Lipinski definition) is 0. The summed E-state index contributed by atoms with van der Waals surface area (Å²) in [5.74, 6) is -0.00648. The first-order valence-electron chi connectivity index (χ1n) is 5.37. The molecule has 0 N–H and O–H groups in total. The van der Waals surface area contributed by atoms with Gasteiger partial charge in [0.05, 0.1) is 13.2 Å². The van der Waals surface area contributed by atoms with Gasteiger partial charge >= 0.3 is 12.3 Å². The fourth-order valence-electron chi connectivity index (χ4n) is 1.03. The first-order valence-corrected chi connectivity index (χ1v) is 5.37. The van der Waals surface area contributed by atoms with Crippen LogP contribution >= 0.6 is 0 Å². The van der Waals surface area contributed by atoms with Crippen molar-refractivity contribution < 1.29 is 28.5 Å². The van der Waals surface area contributed by atoms with Crippen molar-refractivity contribution in [1.82, 2.24) is 0 Å². The summed E-state index contributed by atoms with van der Waals surface area (Å²) in [7, 11) is 0. The lowest BCUT2D eigenvalue weighted by atomic mass is 10.3. The summed E-state index contributed by atoms with van der Waals surface area (Å²) < 4.78 is 18.9. The second kappa shape index (κ2) is 7.16. The van der Waals surface area contributed by atoms with Crippen LogP contribution in [0.2, 0.25) is 0 Å². The summed E-state index contributed by atoms with van der Waals surface area (Å²) in [6.45, 7) is 3.66. The van der Waals surface area contributed by atoms with Gasteiger partial charge in [0.1, 0.15) is 0 Å². The first-order chi connectivity index (χ1) is 8.67. The average Bonchev–Trinajstić information content (AvgIpc) is 2.32. The Bertz CT molecular complexity index is 376. The Morgan fingerprint density at radius 3 is 2.33 bits per heavy atom. The molecule has 1 radical (unpaired) electrons. The number of carbonyl (C=O) groups is 2. The van der Waals surface area contributed by atoms with Crippen molar-refractivity contribution in [2.75, 3.05) is 13.2 Å². The van der Waals surface area contributed by atoms with Gasteiger partial charge in [0.2, 0.25) is 0 Å². The summed E-state index contributed by atoms with van der Waals surface area (Å²) in [5.41, 5.74) is 0. The van der Waals surface area contributed by atoms with Crippen LogP contribution in [-0.4, -0.2) is 25.5 Å². The molecule has 1 aromatic carbocycles. The van der Waals surface area contributed by atoms with Crippen LogP contribution in [0.3, 0.4) is 0 Å². The molecule has 6 nitrogen and oxygen atoms in total. The van der Waals surface area contributed by atoms with E-state index in [2.05, 4.69) is 15.5 Å². The number of hydrogen-bond acceptors (Lipinski definition) is 6. The minimum atomic E-state index is -0.895. The summed E-state index contributed by atoms with van der Waals surface area (Å²) in [6.07, 6.45) is -1.78. The second-order valence-electron chi connectivity index (χ2n) is 2.93. The molecule has 18 heavy (non-hydrogen) atoms. The molecule has 0 fully saturated rings. The molecule has 0 unspecified atom stereocenters. The second-order valence-corrected chi connectivity index (χ2v) is 2.93. The van der Waals surface area contributed by atoms with E-state index in [0.717, 1.165) is 0 Å². The molecule has 1 aromatic rings. The predicted molar refractivity (Wildman–Crippen MR) is 60.6 cm³/mol. The Kier molecular flexibility index (Phi) is 5.50. The Balaban J connectivity index is 2.73. The lowest BCUT2D eigenvalue weighted by Gasteiger charge is -2.09. The average molecular weight is 253 g/mol. The van der Waals surface area contributed by atoms with Gasteiger partial charge in [-0.25, -0.2) is 9.59 Å². The van der Waals surface area contributed by atoms with E-state index >= 15 is 0 Å². The maximum absolute atomic E-state index is 11.1. The number of ether oxygens (including phenoxy) is 4. The van der Waals surface area contributed by atoms with E-state index in [1.807, 2.05) is 0 Å². The molecule has 0 saturated heterocycles. The van der Waals surface area contributed by atoms with Crippen LogP contribution in [0.15, 0.2) is 18.2 Å². The van der Waals surface area contributed by atoms with Crippen LogP contribution in [0.5, 0.6) is 11.5 Å². The fourth-order valence-corrected chi connectivity index (χ4v) is 1.03. The molecule has 97 valence electrons. The van der Waals surface area contributed by atoms with E-state index in [4.69, 9.17) is 9.47 Å². The van der Waals surface area contributed by atoms with E-state index in [1.54, 1.807) is 19.9 Å². The van der Waals surface area contributed by atoms with Crippen molar-refractivity contribution >= 4 is 12.3 Å². The Morgan fingerprint density at radius 1 is 1.11 bits per heavy atom. The first kappa shape index (κ1) is 13.8. The quantitative estimate of drug-likeness (QED) is 0.606. The standard InChI is InChI=1S/C12H13O6/c1-3-15-11(13)17-9-7-5-6-8-10(9)18-12(14)16-4-2/h5-7H,3-4H2,1-2H3. The zero-order valence-electron chi connectivity index (χ0n) is 10.1. The molecule has 1 rings (SSSR count). The highest BCUT2D eigenvalue weighted by atomic mass is 16.7. The zero-order chi connectivity index (χ0) is 13.4. The van der Waals surface area contributed by atoms with Gasteiger partial charge in [-0.1, -0.05) is 12.1 Å². The molecule has 0 atom stereocenters.